The van der Waals surface area contributed by atoms with Crippen LogP contribution in [0, 0.1) is 5.92 Å². The molecule has 0 radical (unpaired) electrons. The molecule has 10 heteroatoms. The second-order valence-electron chi connectivity index (χ2n) is 7.88. The van der Waals surface area contributed by atoms with Gasteiger partial charge in [-0.3, -0.25) is 4.79 Å². The summed E-state index contributed by atoms with van der Waals surface area (Å²) in [7, 11) is -3.49. The molecule has 0 aromatic carbocycles. The number of hydrogen-bond donors (Lipinski definition) is 1. The van der Waals surface area contributed by atoms with Gasteiger partial charge in [-0.25, -0.2) is 9.97 Å². The predicted molar refractivity (Wildman–Crippen MR) is 114 cm³/mol. The van der Waals surface area contributed by atoms with Crippen LogP contribution in [0.5, 0.6) is 0 Å². The second kappa shape index (κ2) is 7.84. The number of aromatic amines is 1. The van der Waals surface area contributed by atoms with E-state index in [1.54, 1.807) is 23.7 Å². The summed E-state index contributed by atoms with van der Waals surface area (Å²) in [6, 6.07) is 7.20. The molecule has 30 heavy (non-hydrogen) atoms. The van der Waals surface area contributed by atoms with Gasteiger partial charge in [0.25, 0.3) is 0 Å². The smallest absolute Gasteiger partial charge is 0.229 e. The second-order valence-corrected chi connectivity index (χ2v) is 11.0. The lowest BCUT2D eigenvalue weighted by atomic mass is 9.95. The summed E-state index contributed by atoms with van der Waals surface area (Å²) in [5.41, 5.74) is 1.66. The fraction of sp³-hybridized carbons (Fsp3) is 0.450. The number of rotatable bonds is 4. The van der Waals surface area contributed by atoms with Crippen molar-refractivity contribution in [3.63, 3.8) is 0 Å². The number of sulfonamides is 1. The molecule has 0 saturated carbocycles. The van der Waals surface area contributed by atoms with Crippen molar-refractivity contribution in [1.82, 2.24) is 24.2 Å². The Morgan fingerprint density at radius 1 is 1.20 bits per heavy atom. The maximum atomic E-state index is 13.0. The molecule has 3 aromatic rings. The number of nitrogens with zero attached hydrogens (tertiary/aromatic N) is 4. The first kappa shape index (κ1) is 19.8. The maximum absolute atomic E-state index is 13.0. The summed E-state index contributed by atoms with van der Waals surface area (Å²) in [6.45, 7) is 2.01. The summed E-state index contributed by atoms with van der Waals surface area (Å²) < 4.78 is 27.2. The third-order valence-corrected chi connectivity index (χ3v) is 9.30. The van der Waals surface area contributed by atoms with Crippen molar-refractivity contribution in [3.8, 4) is 0 Å². The molecule has 0 bridgehead atoms. The van der Waals surface area contributed by atoms with E-state index in [1.807, 2.05) is 17.0 Å². The van der Waals surface area contributed by atoms with Gasteiger partial charge in [-0.15, -0.1) is 4.31 Å². The molecule has 2 aliphatic rings. The molecule has 0 aliphatic carbocycles. The molecule has 1 amide bonds. The van der Waals surface area contributed by atoms with Crippen molar-refractivity contribution in [2.24, 2.45) is 5.92 Å². The van der Waals surface area contributed by atoms with Gasteiger partial charge in [-0.2, -0.15) is 0 Å². The van der Waals surface area contributed by atoms with Crippen molar-refractivity contribution < 1.29 is 13.6 Å². The highest BCUT2D eigenvalue weighted by atomic mass is 32.3. The number of imidazole rings is 1. The normalized spacial score (nSPS) is 23.1. The van der Waals surface area contributed by atoms with E-state index in [4.69, 9.17) is 0 Å². The Labute approximate surface area is 179 Å². The van der Waals surface area contributed by atoms with Crippen LogP contribution >= 0.6 is 11.3 Å². The van der Waals surface area contributed by atoms with Crippen LogP contribution in [0.2, 0.25) is 0 Å². The summed E-state index contributed by atoms with van der Waals surface area (Å²) in [5, 5.41) is 1.76. The number of amides is 1. The minimum absolute atomic E-state index is 0.0728. The van der Waals surface area contributed by atoms with Crippen LogP contribution in [0.15, 0.2) is 40.1 Å². The third kappa shape index (κ3) is 3.58. The molecule has 0 spiro atoms. The van der Waals surface area contributed by atoms with Gasteiger partial charge in [0.1, 0.15) is 5.82 Å². The summed E-state index contributed by atoms with van der Waals surface area (Å²) in [6.07, 6.45) is 4.00. The fourth-order valence-corrected chi connectivity index (χ4v) is 7.02. The molecule has 2 atom stereocenters. The van der Waals surface area contributed by atoms with Crippen LogP contribution in [-0.4, -0.2) is 60.8 Å². The van der Waals surface area contributed by atoms with E-state index in [0.717, 1.165) is 29.8 Å². The minimum Gasteiger partial charge on any atom is -0.592 e. The first-order chi connectivity index (χ1) is 14.5. The number of piperidine rings is 1. The van der Waals surface area contributed by atoms with Crippen LogP contribution in [0.3, 0.4) is 0 Å². The van der Waals surface area contributed by atoms with E-state index in [9.17, 15) is 13.6 Å². The molecule has 5 rings (SSSR count). The number of carbonyl (C=O) groups is 1. The Balaban J connectivity index is 1.19. The number of aromatic nitrogens is 3. The number of hydrogen-bond acceptors (Lipinski definition) is 6. The van der Waals surface area contributed by atoms with Gasteiger partial charge in [0.15, 0.2) is 16.0 Å². The average molecular weight is 446 g/mol. The van der Waals surface area contributed by atoms with Gasteiger partial charge in [0.05, 0.1) is 18.0 Å². The molecule has 5 heterocycles. The number of fused-ring (bicyclic) bond motifs is 1. The molecular weight excluding hydrogens is 422 g/mol. The number of pyridine rings is 1. The number of thiophene rings is 1. The van der Waals surface area contributed by atoms with Gasteiger partial charge in [0, 0.05) is 37.8 Å². The molecule has 2 unspecified atom stereocenters. The van der Waals surface area contributed by atoms with Crippen molar-refractivity contribution >= 4 is 38.8 Å². The lowest BCUT2D eigenvalue weighted by Gasteiger charge is -2.32. The van der Waals surface area contributed by atoms with Crippen LogP contribution in [0.1, 0.15) is 31.0 Å². The average Bonchev–Trinajstić information content (AvgIpc) is 3.53. The Bertz CT molecular complexity index is 1060. The Morgan fingerprint density at radius 2 is 2.03 bits per heavy atom. The Morgan fingerprint density at radius 3 is 2.77 bits per heavy atom. The molecule has 2 fully saturated rings. The molecule has 1 N–H and O–H groups in total. The van der Waals surface area contributed by atoms with E-state index in [2.05, 4.69) is 15.0 Å². The Kier molecular flexibility index (Phi) is 5.18. The monoisotopic (exact) mass is 445 g/mol. The minimum atomic E-state index is -3.49. The topological polar surface area (TPSA) is 105 Å². The molecule has 3 aromatic heterocycles. The zero-order valence-corrected chi connectivity index (χ0v) is 18.0. The van der Waals surface area contributed by atoms with Gasteiger partial charge < -0.3 is 14.4 Å². The number of likely N-dealkylation sites (tertiary alicyclic amines) is 1. The molecule has 2 aliphatic heterocycles. The zero-order valence-electron chi connectivity index (χ0n) is 16.4. The van der Waals surface area contributed by atoms with Gasteiger partial charge in [-0.05, 0) is 42.8 Å². The molecule has 158 valence electrons. The van der Waals surface area contributed by atoms with E-state index in [0.29, 0.717) is 30.3 Å². The lowest BCUT2D eigenvalue weighted by Crippen LogP contribution is -2.43. The first-order valence-electron chi connectivity index (χ1n) is 10.2. The number of carbonyl (C=O) groups excluding carboxylic acids is 1. The summed E-state index contributed by atoms with van der Waals surface area (Å²) >= 11 is 1.22. The van der Waals surface area contributed by atoms with Crippen LogP contribution in [-0.2, 0) is 19.4 Å². The largest absolute Gasteiger partial charge is 0.592 e. The third-order valence-electron chi connectivity index (χ3n) is 6.06. The van der Waals surface area contributed by atoms with Crippen LogP contribution in [0.25, 0.3) is 11.2 Å². The van der Waals surface area contributed by atoms with Crippen molar-refractivity contribution in [2.45, 2.75) is 29.4 Å². The van der Waals surface area contributed by atoms with Crippen molar-refractivity contribution in [1.29, 1.82) is 0 Å². The Hall–Kier alpha value is -2.14. The van der Waals surface area contributed by atoms with E-state index in [1.165, 1.54) is 15.6 Å². The van der Waals surface area contributed by atoms with E-state index >= 15 is 0 Å². The highest BCUT2D eigenvalue weighted by molar-refractivity contribution is 7.97. The van der Waals surface area contributed by atoms with Crippen molar-refractivity contribution in [3.05, 3.63) is 41.7 Å². The van der Waals surface area contributed by atoms with Gasteiger partial charge >= 0.3 is 0 Å². The maximum Gasteiger partial charge on any atom is 0.229 e. The highest BCUT2D eigenvalue weighted by Gasteiger charge is 2.42. The fourth-order valence-electron chi connectivity index (χ4n) is 4.37. The predicted octanol–water partition coefficient (Wildman–Crippen LogP) is 2.65. The quantitative estimate of drug-likeness (QED) is 0.622. The van der Waals surface area contributed by atoms with Crippen LogP contribution in [0.4, 0.5) is 0 Å². The molecular formula is C20H23N5O3S2. The summed E-state index contributed by atoms with van der Waals surface area (Å²) in [4.78, 5) is 27.1. The highest BCUT2D eigenvalue weighted by Crippen LogP contribution is 2.33. The summed E-state index contributed by atoms with van der Waals surface area (Å²) in [5.74, 6) is 1.03. The standard InChI is InChI=1S/C20H23N5O3S2/c26-20(15-7-11-25(13-15)30(27,28)17-4-2-12-29-17)24-9-5-14(6-10-24)18-22-16-3-1-8-21-19(16)23-18/h1-4,8,12,14-15H,5-7,9-11,13H2,(H-,21,22,23,27,28). The number of H-pyrrole nitrogens is 1. The van der Waals surface area contributed by atoms with Gasteiger partial charge in [0.2, 0.25) is 10.1 Å². The van der Waals surface area contributed by atoms with Crippen LogP contribution < -0.4 is 0 Å². The molecule has 8 nitrogen and oxygen atoms in total. The van der Waals surface area contributed by atoms with Gasteiger partial charge in [-0.1, -0.05) is 15.5 Å². The lowest BCUT2D eigenvalue weighted by molar-refractivity contribution is -0.136. The first-order valence-corrected chi connectivity index (χ1v) is 12.5. The zero-order chi connectivity index (χ0) is 20.7. The van der Waals surface area contributed by atoms with E-state index in [-0.39, 0.29) is 24.3 Å². The molecule has 2 saturated heterocycles. The number of nitrogens with one attached hydrogen (secondary N) is 1. The SMILES string of the molecule is O=C(C1CCN([S+](=O)([O-])c2cccs2)C1)N1CCC(c2nc3ncccc3[nH]2)CC1. The van der Waals surface area contributed by atoms with E-state index < -0.39 is 10.4 Å². The van der Waals surface area contributed by atoms with Crippen molar-refractivity contribution in [2.75, 3.05) is 26.2 Å².